The number of hydrogen-bond acceptors (Lipinski definition) is 13. The molecule has 0 aliphatic carbocycles. The molecule has 57 heavy (non-hydrogen) atoms. The van der Waals surface area contributed by atoms with Crippen LogP contribution in [0.3, 0.4) is 0 Å². The van der Waals surface area contributed by atoms with Gasteiger partial charge in [-0.05, 0) is 74.6 Å². The molecule has 4 heterocycles. The van der Waals surface area contributed by atoms with Crippen molar-refractivity contribution in [3.8, 4) is 5.75 Å². The fraction of sp³-hybridized carbons (Fsp3) is 0.744. The van der Waals surface area contributed by atoms with Crippen molar-refractivity contribution in [2.75, 3.05) is 13.7 Å². The van der Waals surface area contributed by atoms with Gasteiger partial charge in [0.2, 0.25) is 5.79 Å². The highest BCUT2D eigenvalue weighted by atomic mass is 16.8. The molecule has 3 fully saturated rings. The molecule has 5 rings (SSSR count). The minimum atomic E-state index is -1.71. The number of ether oxygens (including phenoxy) is 6. The molecule has 320 valence electrons. The first kappa shape index (κ1) is 45.1. The molecule has 0 radical (unpaired) electrons. The number of rotatable bonds is 13. The van der Waals surface area contributed by atoms with Gasteiger partial charge in [-0.3, -0.25) is 4.79 Å². The maximum absolute atomic E-state index is 14.2. The molecule has 1 aromatic rings. The van der Waals surface area contributed by atoms with Crippen molar-refractivity contribution in [3.63, 3.8) is 0 Å². The number of carbonyl (C=O) groups excluding carboxylic acids is 2. The second kappa shape index (κ2) is 17.0. The Labute approximate surface area is 335 Å². The van der Waals surface area contributed by atoms with Crippen LogP contribution < -0.4 is 0 Å². The van der Waals surface area contributed by atoms with E-state index in [0.29, 0.717) is 24.0 Å². The van der Waals surface area contributed by atoms with Gasteiger partial charge in [0.1, 0.15) is 28.8 Å². The summed E-state index contributed by atoms with van der Waals surface area (Å²) >= 11 is 0. The zero-order valence-corrected chi connectivity index (χ0v) is 35.1. The molecule has 14 heteroatoms. The Hall–Kier alpha value is -2.95. The van der Waals surface area contributed by atoms with E-state index in [-0.39, 0.29) is 47.9 Å². The number of ketones is 1. The van der Waals surface area contributed by atoms with Crippen LogP contribution in [0.2, 0.25) is 0 Å². The molecule has 1 aromatic carbocycles. The summed E-state index contributed by atoms with van der Waals surface area (Å²) in [5.41, 5.74) is -0.550. The number of carbonyl (C=O) groups is 3. The van der Waals surface area contributed by atoms with Crippen molar-refractivity contribution in [1.82, 2.24) is 0 Å². The van der Waals surface area contributed by atoms with Gasteiger partial charge in [0.15, 0.2) is 11.9 Å². The third kappa shape index (κ3) is 7.93. The number of Topliss-reactive ketones (excluding diaryl/α,β-unsaturated/α-hetero) is 1. The van der Waals surface area contributed by atoms with E-state index < -0.39 is 95.5 Å². The number of aryl methyl sites for hydroxylation is 1. The lowest BCUT2D eigenvalue weighted by Gasteiger charge is -2.54. The van der Waals surface area contributed by atoms with Crippen molar-refractivity contribution >= 4 is 17.7 Å². The molecule has 0 amide bonds. The van der Waals surface area contributed by atoms with Gasteiger partial charge in [-0.25, -0.2) is 9.59 Å². The Kier molecular flexibility index (Phi) is 13.4. The summed E-state index contributed by atoms with van der Waals surface area (Å²) in [7, 11) is 1.51. The smallest absolute Gasteiger partial charge is 0.339 e. The topological polar surface area (TPSA) is 208 Å². The van der Waals surface area contributed by atoms with E-state index in [2.05, 4.69) is 0 Å². The third-order valence-electron chi connectivity index (χ3n) is 13.5. The minimum Gasteiger partial charge on any atom is -0.507 e. The second-order valence-electron chi connectivity index (χ2n) is 17.5. The summed E-state index contributed by atoms with van der Waals surface area (Å²) in [6.07, 6.45) is -2.62. The first-order valence-electron chi connectivity index (χ1n) is 20.4. The number of aromatic hydroxyl groups is 1. The molecule has 0 bridgehead atoms. The van der Waals surface area contributed by atoms with E-state index in [0.717, 1.165) is 0 Å². The van der Waals surface area contributed by atoms with Crippen molar-refractivity contribution in [2.24, 2.45) is 35.5 Å². The van der Waals surface area contributed by atoms with Gasteiger partial charge >= 0.3 is 11.9 Å². The molecule has 0 aromatic heterocycles. The van der Waals surface area contributed by atoms with Gasteiger partial charge in [-0.15, -0.1) is 0 Å². The number of aromatic carboxylic acids is 1. The molecule has 4 aliphatic heterocycles. The molecule has 3 saturated heterocycles. The van der Waals surface area contributed by atoms with Crippen molar-refractivity contribution in [1.29, 1.82) is 0 Å². The highest BCUT2D eigenvalue weighted by Crippen LogP contribution is 2.56. The van der Waals surface area contributed by atoms with E-state index in [1.807, 2.05) is 34.6 Å². The maximum atomic E-state index is 14.2. The lowest BCUT2D eigenvalue weighted by Crippen LogP contribution is -2.64. The molecule has 4 aliphatic rings. The highest BCUT2D eigenvalue weighted by molar-refractivity contribution is 5.93. The van der Waals surface area contributed by atoms with Crippen molar-refractivity contribution < 1.29 is 68.3 Å². The first-order chi connectivity index (χ1) is 26.6. The summed E-state index contributed by atoms with van der Waals surface area (Å²) in [5, 5.41) is 54.3. The Bertz CT molecular complexity index is 1680. The summed E-state index contributed by atoms with van der Waals surface area (Å²) in [5.74, 6) is -8.73. The molecule has 5 N–H and O–H groups in total. The van der Waals surface area contributed by atoms with E-state index in [9.17, 15) is 39.9 Å². The summed E-state index contributed by atoms with van der Waals surface area (Å²) in [6, 6.07) is 3.35. The van der Waals surface area contributed by atoms with E-state index in [1.54, 1.807) is 58.9 Å². The third-order valence-corrected chi connectivity index (χ3v) is 13.5. The van der Waals surface area contributed by atoms with Crippen LogP contribution >= 0.6 is 0 Å². The molecule has 2 spiro atoms. The number of hydrogen-bond donors (Lipinski definition) is 5. The summed E-state index contributed by atoms with van der Waals surface area (Å²) in [6.45, 7) is 18.1. The Morgan fingerprint density at radius 3 is 2.32 bits per heavy atom. The van der Waals surface area contributed by atoms with Gasteiger partial charge in [-0.1, -0.05) is 60.6 Å². The average Bonchev–Trinajstić information content (AvgIpc) is 3.66. The van der Waals surface area contributed by atoms with Crippen molar-refractivity contribution in [2.45, 2.75) is 154 Å². The van der Waals surface area contributed by atoms with Crippen LogP contribution in [0.1, 0.15) is 109 Å². The van der Waals surface area contributed by atoms with Crippen LogP contribution in [-0.4, -0.2) is 117 Å². The lowest BCUT2D eigenvalue weighted by atomic mass is 9.74. The quantitative estimate of drug-likeness (QED) is 0.136. The van der Waals surface area contributed by atoms with Crippen LogP contribution in [0.5, 0.6) is 5.75 Å². The number of methoxy groups -OCH3 is 1. The SMILES string of the molecule is CCOC(=O)[C@H]1O[C@@H]([C@@]2(C)O[C@]3(O[C@]4(C=C[C@H]3O)O[C@H]([C@@H](C)C(=O)[C@@H](C)[C@@H](O)[C@H](C)C[C@H](C)c3ccc(C)c(O)c3C(=O)O)[C@@H](C)C[C@H]4C)[C@H](C)[C@H]2OC)C[C@H]1O. The van der Waals surface area contributed by atoms with Gasteiger partial charge in [0.25, 0.3) is 0 Å². The molecule has 17 atom stereocenters. The second-order valence-corrected chi connectivity index (χ2v) is 17.5. The number of benzene rings is 1. The first-order valence-corrected chi connectivity index (χ1v) is 20.4. The van der Waals surface area contributed by atoms with Gasteiger partial charge < -0.3 is 54.0 Å². The Balaban J connectivity index is 1.34. The predicted octanol–water partition coefficient (Wildman–Crippen LogP) is 4.65. The van der Waals surface area contributed by atoms with Gasteiger partial charge in [0, 0.05) is 37.2 Å². The number of phenols is 1. The molecule has 14 nitrogen and oxygen atoms in total. The summed E-state index contributed by atoms with van der Waals surface area (Å²) in [4.78, 5) is 38.9. The Morgan fingerprint density at radius 2 is 1.70 bits per heavy atom. The lowest BCUT2D eigenvalue weighted by molar-refractivity contribution is -0.414. The fourth-order valence-electron chi connectivity index (χ4n) is 10.1. The zero-order valence-electron chi connectivity index (χ0n) is 35.1. The minimum absolute atomic E-state index is 0.0479. The van der Waals surface area contributed by atoms with Gasteiger partial charge in [-0.2, -0.15) is 0 Å². The van der Waals surface area contributed by atoms with Gasteiger partial charge in [0.05, 0.1) is 37.1 Å². The molecular weight excluding hydrogens is 740 g/mol. The Morgan fingerprint density at radius 1 is 1.04 bits per heavy atom. The molecule has 0 unspecified atom stereocenters. The predicted molar refractivity (Wildman–Crippen MR) is 206 cm³/mol. The van der Waals surface area contributed by atoms with Crippen molar-refractivity contribution in [3.05, 3.63) is 41.0 Å². The van der Waals surface area contributed by atoms with Crippen LogP contribution in [0, 0.1) is 42.4 Å². The maximum Gasteiger partial charge on any atom is 0.339 e. The number of aliphatic hydroxyl groups excluding tert-OH is 3. The fourth-order valence-corrected chi connectivity index (χ4v) is 10.1. The highest BCUT2D eigenvalue weighted by Gasteiger charge is 2.70. The van der Waals surface area contributed by atoms with Crippen LogP contribution in [0.25, 0.3) is 0 Å². The number of aliphatic hydroxyl groups is 3. The number of esters is 1. The van der Waals surface area contributed by atoms with Crippen LogP contribution in [-0.2, 0) is 38.0 Å². The number of carboxylic acid groups (broad SMARTS) is 1. The molecule has 0 saturated carbocycles. The molecular formula is C43H64O14. The largest absolute Gasteiger partial charge is 0.507 e. The average molecular weight is 805 g/mol. The van der Waals surface area contributed by atoms with E-state index >= 15 is 0 Å². The number of carboxylic acids is 1. The zero-order chi connectivity index (χ0) is 42.5. The van der Waals surface area contributed by atoms with Crippen LogP contribution in [0.15, 0.2) is 24.3 Å². The monoisotopic (exact) mass is 804 g/mol. The normalized spacial score (nSPS) is 39.2. The van der Waals surface area contributed by atoms with E-state index in [1.165, 1.54) is 7.11 Å². The summed E-state index contributed by atoms with van der Waals surface area (Å²) < 4.78 is 37.8. The standard InChI is InChI=1S/C43H64O14/c1-12-53-40(51)37-29(44)19-31(54-37)41(10)38(52-11)27(9)43(56-41)30(45)15-16-42(57-43)24(6)18-23(5)36(55-42)26(8)35(48)25(7)33(46)22(4)17-21(3)28-14-13-20(2)34(47)32(28)39(49)50/h13-16,21-27,29-31,33,36-38,44-47H,12,17-19H2,1-11H3,(H,49,50)/t21-,22+,23-,24+,25-,26-,27+,29+,30+,31+,33-,36-,37-,38+,41+,42-,43-/m0/s1. The van der Waals surface area contributed by atoms with Crippen LogP contribution in [0.4, 0.5) is 0 Å². The van der Waals surface area contributed by atoms with E-state index in [4.69, 9.17) is 28.4 Å².